The number of sulfonamides is 1. The third-order valence-electron chi connectivity index (χ3n) is 5.40. The van der Waals surface area contributed by atoms with Gasteiger partial charge in [0.2, 0.25) is 10.0 Å². The smallest absolute Gasteiger partial charge is 0.234 e. The van der Waals surface area contributed by atoms with Crippen LogP contribution in [-0.4, -0.2) is 44.7 Å². The van der Waals surface area contributed by atoms with Crippen molar-refractivity contribution in [1.82, 2.24) is 9.88 Å². The maximum Gasteiger partial charge on any atom is 0.234 e. The van der Waals surface area contributed by atoms with Gasteiger partial charge in [0, 0.05) is 23.0 Å². The second-order valence-electron chi connectivity index (χ2n) is 7.89. The van der Waals surface area contributed by atoms with E-state index in [1.54, 1.807) is 0 Å². The Hall–Kier alpha value is -2.83. The first-order chi connectivity index (χ1) is 14.4. The molecule has 0 fully saturated rings. The highest BCUT2D eigenvalue weighted by molar-refractivity contribution is 7.92. The summed E-state index contributed by atoms with van der Waals surface area (Å²) in [4.78, 5) is 5.36. The Balaban J connectivity index is 1.57. The van der Waals surface area contributed by atoms with Crippen LogP contribution in [0, 0.1) is 0 Å². The molecule has 0 aliphatic rings. The molecule has 30 heavy (non-hydrogen) atoms. The summed E-state index contributed by atoms with van der Waals surface area (Å²) >= 11 is 0. The van der Waals surface area contributed by atoms with Crippen LogP contribution in [0.3, 0.4) is 0 Å². The van der Waals surface area contributed by atoms with Crippen LogP contribution in [-0.2, 0) is 22.9 Å². The predicted octanol–water partition coefficient (Wildman–Crippen LogP) is 4.41. The van der Waals surface area contributed by atoms with Crippen molar-refractivity contribution in [3.63, 3.8) is 0 Å². The number of nitrogens with one attached hydrogen (secondary N) is 2. The van der Waals surface area contributed by atoms with Crippen molar-refractivity contribution in [1.29, 1.82) is 0 Å². The lowest BCUT2D eigenvalue weighted by molar-refractivity contribution is 0.414. The number of aryl methyl sites for hydroxylation is 1. The van der Waals surface area contributed by atoms with Crippen molar-refractivity contribution >= 4 is 37.5 Å². The van der Waals surface area contributed by atoms with Gasteiger partial charge in [0.15, 0.2) is 0 Å². The number of aromatic amines is 1. The molecule has 1 aromatic heterocycles. The summed E-state index contributed by atoms with van der Waals surface area (Å²) < 4.78 is 28.7. The molecule has 0 saturated heterocycles. The molecule has 3 aromatic carbocycles. The topological polar surface area (TPSA) is 65.2 Å². The minimum Gasteiger partial charge on any atom is -0.341 e. The standard InChI is InChI=1S/C24H27N3O2S/c1-27(2)16-14-22-21-12-5-6-13-23(21)25-24(22)26-30(28,29)17-15-19-10-7-9-18-8-3-4-11-20(18)19/h3-13,25-26H,14-17H2,1-2H3. The van der Waals surface area contributed by atoms with Gasteiger partial charge in [-0.3, -0.25) is 4.72 Å². The molecule has 156 valence electrons. The van der Waals surface area contributed by atoms with Crippen molar-refractivity contribution in [2.45, 2.75) is 12.8 Å². The lowest BCUT2D eigenvalue weighted by atomic mass is 10.0. The molecule has 4 aromatic rings. The highest BCUT2D eigenvalue weighted by atomic mass is 32.2. The number of benzene rings is 3. The van der Waals surface area contributed by atoms with Crippen molar-refractivity contribution in [3.8, 4) is 0 Å². The molecule has 0 aliphatic heterocycles. The number of fused-ring (bicyclic) bond motifs is 2. The summed E-state index contributed by atoms with van der Waals surface area (Å²) in [5, 5.41) is 3.29. The van der Waals surface area contributed by atoms with Gasteiger partial charge in [-0.1, -0.05) is 60.7 Å². The molecule has 2 N–H and O–H groups in total. The number of likely N-dealkylation sites (N-methyl/N-ethyl adjacent to an activating group) is 1. The fraction of sp³-hybridized carbons (Fsp3) is 0.250. The lowest BCUT2D eigenvalue weighted by Crippen LogP contribution is -2.20. The van der Waals surface area contributed by atoms with Gasteiger partial charge < -0.3 is 9.88 Å². The van der Waals surface area contributed by atoms with Crippen molar-refractivity contribution in [2.75, 3.05) is 31.1 Å². The Morgan fingerprint density at radius 2 is 1.57 bits per heavy atom. The van der Waals surface area contributed by atoms with Crippen LogP contribution in [0.5, 0.6) is 0 Å². The van der Waals surface area contributed by atoms with Crippen molar-refractivity contribution < 1.29 is 8.42 Å². The van der Waals surface area contributed by atoms with Gasteiger partial charge in [-0.25, -0.2) is 8.42 Å². The summed E-state index contributed by atoms with van der Waals surface area (Å²) in [6.45, 7) is 0.840. The van der Waals surface area contributed by atoms with Crippen LogP contribution in [0.15, 0.2) is 66.7 Å². The zero-order chi connectivity index (χ0) is 21.1. The Kier molecular flexibility index (Phi) is 5.79. The molecule has 0 bridgehead atoms. The Labute approximate surface area is 177 Å². The van der Waals surface area contributed by atoms with E-state index in [1.165, 1.54) is 0 Å². The van der Waals surface area contributed by atoms with E-state index >= 15 is 0 Å². The highest BCUT2D eigenvalue weighted by Gasteiger charge is 2.18. The molecular formula is C24H27N3O2S. The van der Waals surface area contributed by atoms with Gasteiger partial charge in [-0.2, -0.15) is 0 Å². The second kappa shape index (κ2) is 8.50. The SMILES string of the molecule is CN(C)CCc1c(NS(=O)(=O)CCc2cccc3ccccc23)[nH]c2ccccc12. The molecule has 0 atom stereocenters. The molecule has 6 heteroatoms. The number of hydrogen-bond donors (Lipinski definition) is 2. The van der Waals surface area contributed by atoms with Gasteiger partial charge in [-0.15, -0.1) is 0 Å². The van der Waals surface area contributed by atoms with E-state index < -0.39 is 10.0 Å². The van der Waals surface area contributed by atoms with Crippen LogP contribution < -0.4 is 4.72 Å². The van der Waals surface area contributed by atoms with Crippen LogP contribution in [0.1, 0.15) is 11.1 Å². The highest BCUT2D eigenvalue weighted by Crippen LogP contribution is 2.28. The summed E-state index contributed by atoms with van der Waals surface area (Å²) in [6, 6.07) is 22.0. The zero-order valence-electron chi connectivity index (χ0n) is 17.4. The Morgan fingerprint density at radius 3 is 2.37 bits per heavy atom. The summed E-state index contributed by atoms with van der Waals surface area (Å²) in [7, 11) is 0.528. The number of nitrogens with zero attached hydrogens (tertiary/aromatic N) is 1. The van der Waals surface area contributed by atoms with Crippen LogP contribution in [0.25, 0.3) is 21.7 Å². The van der Waals surface area contributed by atoms with E-state index in [1.807, 2.05) is 80.8 Å². The first-order valence-corrected chi connectivity index (χ1v) is 11.8. The number of rotatable bonds is 8. The number of anilines is 1. The monoisotopic (exact) mass is 421 g/mol. The van der Waals surface area contributed by atoms with Gasteiger partial charge in [-0.05, 0) is 49.3 Å². The number of para-hydroxylation sites is 1. The second-order valence-corrected chi connectivity index (χ2v) is 9.73. The number of H-pyrrole nitrogens is 1. The van der Waals surface area contributed by atoms with E-state index in [2.05, 4.69) is 14.6 Å². The van der Waals surface area contributed by atoms with Crippen molar-refractivity contribution in [2.24, 2.45) is 0 Å². The third-order valence-corrected chi connectivity index (χ3v) is 6.66. The van der Waals surface area contributed by atoms with Gasteiger partial charge in [0.25, 0.3) is 0 Å². The lowest BCUT2D eigenvalue weighted by Gasteiger charge is -2.12. The van der Waals surface area contributed by atoms with E-state index in [0.717, 1.165) is 45.8 Å². The predicted molar refractivity (Wildman–Crippen MR) is 126 cm³/mol. The molecule has 0 amide bonds. The Bertz CT molecular complexity index is 1270. The molecule has 0 aliphatic carbocycles. The van der Waals surface area contributed by atoms with E-state index in [-0.39, 0.29) is 5.75 Å². The van der Waals surface area contributed by atoms with E-state index in [9.17, 15) is 8.42 Å². The molecule has 1 heterocycles. The molecule has 0 saturated carbocycles. The normalized spacial score (nSPS) is 12.1. The molecule has 4 rings (SSSR count). The molecule has 0 spiro atoms. The first-order valence-electron chi connectivity index (χ1n) is 10.1. The maximum atomic E-state index is 12.9. The molecule has 5 nitrogen and oxygen atoms in total. The largest absolute Gasteiger partial charge is 0.341 e. The summed E-state index contributed by atoms with van der Waals surface area (Å²) in [6.07, 6.45) is 1.22. The molecule has 0 radical (unpaired) electrons. The average molecular weight is 422 g/mol. The fourth-order valence-electron chi connectivity index (χ4n) is 3.84. The first kappa shape index (κ1) is 20.4. The van der Waals surface area contributed by atoms with Crippen LogP contribution in [0.4, 0.5) is 5.82 Å². The fourth-order valence-corrected chi connectivity index (χ4v) is 4.92. The third kappa shape index (κ3) is 4.50. The summed E-state index contributed by atoms with van der Waals surface area (Å²) in [5.41, 5.74) is 2.99. The van der Waals surface area contributed by atoms with Crippen LogP contribution >= 0.6 is 0 Å². The van der Waals surface area contributed by atoms with Crippen molar-refractivity contribution in [3.05, 3.63) is 77.9 Å². The van der Waals surface area contributed by atoms with Crippen LogP contribution in [0.2, 0.25) is 0 Å². The zero-order valence-corrected chi connectivity index (χ0v) is 18.2. The average Bonchev–Trinajstić information content (AvgIpc) is 3.07. The minimum atomic E-state index is -3.51. The number of hydrogen-bond acceptors (Lipinski definition) is 3. The van der Waals surface area contributed by atoms with E-state index in [4.69, 9.17) is 0 Å². The number of aromatic nitrogens is 1. The molecular weight excluding hydrogens is 394 g/mol. The van der Waals surface area contributed by atoms with Gasteiger partial charge in [0.05, 0.1) is 5.75 Å². The van der Waals surface area contributed by atoms with Gasteiger partial charge >= 0.3 is 0 Å². The molecule has 0 unspecified atom stereocenters. The quantitative estimate of drug-likeness (QED) is 0.443. The summed E-state index contributed by atoms with van der Waals surface area (Å²) in [5.74, 6) is 0.611. The van der Waals surface area contributed by atoms with E-state index in [0.29, 0.717) is 12.2 Å². The maximum absolute atomic E-state index is 12.9. The van der Waals surface area contributed by atoms with Gasteiger partial charge in [0.1, 0.15) is 5.82 Å². The Morgan fingerprint density at radius 1 is 0.867 bits per heavy atom. The minimum absolute atomic E-state index is 0.0312.